The summed E-state index contributed by atoms with van der Waals surface area (Å²) in [5, 5.41) is 0. The predicted molar refractivity (Wildman–Crippen MR) is 64.2 cm³/mol. The molecule has 2 N–H and O–H groups in total. The van der Waals surface area contributed by atoms with Gasteiger partial charge in [0, 0.05) is 32.0 Å². The molecule has 1 rings (SSSR count). The number of amides is 1. The molecule has 0 radical (unpaired) electrons. The van der Waals surface area contributed by atoms with E-state index in [0.29, 0.717) is 12.1 Å². The van der Waals surface area contributed by atoms with Gasteiger partial charge in [-0.05, 0) is 31.9 Å². The van der Waals surface area contributed by atoms with Crippen molar-refractivity contribution in [1.82, 2.24) is 9.88 Å². The monoisotopic (exact) mass is 221 g/mol. The van der Waals surface area contributed by atoms with Gasteiger partial charge in [-0.2, -0.15) is 0 Å². The Morgan fingerprint density at radius 1 is 1.56 bits per heavy atom. The smallest absolute Gasteiger partial charge is 0.255 e. The summed E-state index contributed by atoms with van der Waals surface area (Å²) in [5.74, 6) is -0.00292. The zero-order valence-electron chi connectivity index (χ0n) is 10.1. The van der Waals surface area contributed by atoms with Crippen molar-refractivity contribution in [2.45, 2.75) is 26.3 Å². The summed E-state index contributed by atoms with van der Waals surface area (Å²) in [6, 6.07) is 1.96. The van der Waals surface area contributed by atoms with Crippen LogP contribution in [0.2, 0.25) is 0 Å². The molecule has 0 saturated heterocycles. The molecular weight excluding hydrogens is 202 g/mol. The summed E-state index contributed by atoms with van der Waals surface area (Å²) in [5.41, 5.74) is 7.28. The number of rotatable bonds is 4. The van der Waals surface area contributed by atoms with Crippen LogP contribution in [0, 0.1) is 6.92 Å². The number of carbonyl (C=O) groups is 1. The molecule has 1 aromatic rings. The lowest BCUT2D eigenvalue weighted by atomic mass is 10.2. The summed E-state index contributed by atoms with van der Waals surface area (Å²) in [6.45, 7) is 4.53. The van der Waals surface area contributed by atoms with E-state index in [1.165, 1.54) is 0 Å². The van der Waals surface area contributed by atoms with Crippen molar-refractivity contribution in [3.05, 3.63) is 29.6 Å². The van der Waals surface area contributed by atoms with Gasteiger partial charge in [0.2, 0.25) is 0 Å². The highest BCUT2D eigenvalue weighted by Crippen LogP contribution is 2.05. The van der Waals surface area contributed by atoms with Crippen molar-refractivity contribution in [3.8, 4) is 0 Å². The number of nitrogens with zero attached hydrogens (tertiary/aromatic N) is 2. The van der Waals surface area contributed by atoms with Gasteiger partial charge in [-0.1, -0.05) is 0 Å². The summed E-state index contributed by atoms with van der Waals surface area (Å²) in [4.78, 5) is 17.6. The molecule has 4 heteroatoms. The van der Waals surface area contributed by atoms with Gasteiger partial charge in [0.1, 0.15) is 0 Å². The third-order valence-electron chi connectivity index (χ3n) is 2.39. The van der Waals surface area contributed by atoms with Gasteiger partial charge in [-0.25, -0.2) is 0 Å². The molecule has 0 fully saturated rings. The van der Waals surface area contributed by atoms with E-state index < -0.39 is 0 Å². The Balaban J connectivity index is 2.63. The van der Waals surface area contributed by atoms with Crippen LogP contribution in [0.4, 0.5) is 0 Å². The zero-order chi connectivity index (χ0) is 12.1. The largest absolute Gasteiger partial charge is 0.342 e. The van der Waals surface area contributed by atoms with Crippen LogP contribution < -0.4 is 5.73 Å². The van der Waals surface area contributed by atoms with E-state index in [2.05, 4.69) is 4.98 Å². The maximum absolute atomic E-state index is 12.0. The number of aromatic nitrogens is 1. The van der Waals surface area contributed by atoms with Gasteiger partial charge in [0.05, 0.1) is 5.56 Å². The Kier molecular flexibility index (Phi) is 4.43. The van der Waals surface area contributed by atoms with Gasteiger partial charge in [-0.15, -0.1) is 0 Å². The lowest BCUT2D eigenvalue weighted by Crippen LogP contribution is -2.31. The predicted octanol–water partition coefficient (Wildman–Crippen LogP) is 1.20. The van der Waals surface area contributed by atoms with Crippen LogP contribution in [-0.4, -0.2) is 35.4 Å². The number of pyridine rings is 1. The molecule has 88 valence electrons. The van der Waals surface area contributed by atoms with Crippen LogP contribution >= 0.6 is 0 Å². The van der Waals surface area contributed by atoms with Crippen molar-refractivity contribution in [2.75, 3.05) is 13.6 Å². The highest BCUT2D eigenvalue weighted by Gasteiger charge is 2.12. The first-order chi connectivity index (χ1) is 7.50. The maximum atomic E-state index is 12.0. The number of nitrogens with two attached hydrogens (primary N) is 1. The minimum absolute atomic E-state index is 0.00292. The standard InChI is InChI=1S/C12H19N3O/c1-9-6-11(8-14-7-9)12(16)15(3)5-4-10(2)13/h6-8,10H,4-5,13H2,1-3H3. The summed E-state index contributed by atoms with van der Waals surface area (Å²) in [6.07, 6.45) is 4.14. The lowest BCUT2D eigenvalue weighted by Gasteiger charge is -2.18. The number of hydrogen-bond donors (Lipinski definition) is 1. The molecule has 0 bridgehead atoms. The lowest BCUT2D eigenvalue weighted by molar-refractivity contribution is 0.0791. The minimum Gasteiger partial charge on any atom is -0.342 e. The van der Waals surface area contributed by atoms with Crippen molar-refractivity contribution < 1.29 is 4.79 Å². The van der Waals surface area contributed by atoms with E-state index in [9.17, 15) is 4.79 Å². The van der Waals surface area contributed by atoms with Gasteiger partial charge in [-0.3, -0.25) is 9.78 Å². The second-order valence-corrected chi connectivity index (χ2v) is 4.24. The van der Waals surface area contributed by atoms with Crippen molar-refractivity contribution in [2.24, 2.45) is 5.73 Å². The summed E-state index contributed by atoms with van der Waals surface area (Å²) >= 11 is 0. The molecule has 1 heterocycles. The van der Waals surface area contributed by atoms with E-state index in [-0.39, 0.29) is 11.9 Å². The molecule has 0 aliphatic heterocycles. The van der Waals surface area contributed by atoms with Gasteiger partial charge < -0.3 is 10.6 Å². The average molecular weight is 221 g/mol. The molecule has 16 heavy (non-hydrogen) atoms. The normalized spacial score (nSPS) is 12.2. The highest BCUT2D eigenvalue weighted by atomic mass is 16.2. The Morgan fingerprint density at radius 2 is 2.25 bits per heavy atom. The Morgan fingerprint density at radius 3 is 2.81 bits per heavy atom. The fourth-order valence-electron chi connectivity index (χ4n) is 1.39. The van der Waals surface area contributed by atoms with Crippen LogP contribution in [-0.2, 0) is 0 Å². The minimum atomic E-state index is -0.00292. The first-order valence-electron chi connectivity index (χ1n) is 5.43. The number of carbonyl (C=O) groups excluding carboxylic acids is 1. The van der Waals surface area contributed by atoms with E-state index in [0.717, 1.165) is 12.0 Å². The topological polar surface area (TPSA) is 59.2 Å². The molecule has 0 saturated carbocycles. The molecule has 1 aromatic heterocycles. The molecule has 0 aliphatic carbocycles. The average Bonchev–Trinajstić information content (AvgIpc) is 2.24. The highest BCUT2D eigenvalue weighted by molar-refractivity contribution is 5.93. The molecule has 4 nitrogen and oxygen atoms in total. The third kappa shape index (κ3) is 3.62. The Bertz CT molecular complexity index is 363. The van der Waals surface area contributed by atoms with Crippen molar-refractivity contribution in [3.63, 3.8) is 0 Å². The zero-order valence-corrected chi connectivity index (χ0v) is 10.1. The van der Waals surface area contributed by atoms with Gasteiger partial charge in [0.15, 0.2) is 0 Å². The quantitative estimate of drug-likeness (QED) is 0.831. The van der Waals surface area contributed by atoms with E-state index in [1.807, 2.05) is 19.9 Å². The molecule has 0 aliphatic rings. The summed E-state index contributed by atoms with van der Waals surface area (Å²) < 4.78 is 0. The summed E-state index contributed by atoms with van der Waals surface area (Å²) in [7, 11) is 1.78. The van der Waals surface area contributed by atoms with Crippen LogP contribution in [0.3, 0.4) is 0 Å². The fraction of sp³-hybridized carbons (Fsp3) is 0.500. The molecule has 1 amide bonds. The van der Waals surface area contributed by atoms with Crippen molar-refractivity contribution in [1.29, 1.82) is 0 Å². The Labute approximate surface area is 96.5 Å². The number of hydrogen-bond acceptors (Lipinski definition) is 3. The molecule has 0 spiro atoms. The fourth-order valence-corrected chi connectivity index (χ4v) is 1.39. The van der Waals surface area contributed by atoms with Crippen LogP contribution in [0.5, 0.6) is 0 Å². The van der Waals surface area contributed by atoms with Gasteiger partial charge >= 0.3 is 0 Å². The number of aryl methyl sites for hydroxylation is 1. The van der Waals surface area contributed by atoms with Crippen LogP contribution in [0.1, 0.15) is 29.3 Å². The second kappa shape index (κ2) is 5.61. The molecule has 1 atom stereocenters. The van der Waals surface area contributed by atoms with Crippen LogP contribution in [0.15, 0.2) is 18.5 Å². The SMILES string of the molecule is Cc1cncc(C(=O)N(C)CCC(C)N)c1. The molecular formula is C12H19N3O. The van der Waals surface area contributed by atoms with E-state index in [1.54, 1.807) is 24.3 Å². The van der Waals surface area contributed by atoms with Crippen LogP contribution in [0.25, 0.3) is 0 Å². The first-order valence-corrected chi connectivity index (χ1v) is 5.43. The second-order valence-electron chi connectivity index (χ2n) is 4.24. The van der Waals surface area contributed by atoms with E-state index in [4.69, 9.17) is 5.73 Å². The molecule has 0 aromatic carbocycles. The van der Waals surface area contributed by atoms with Crippen molar-refractivity contribution >= 4 is 5.91 Å². The maximum Gasteiger partial charge on any atom is 0.255 e. The van der Waals surface area contributed by atoms with E-state index >= 15 is 0 Å². The first kappa shape index (κ1) is 12.6. The third-order valence-corrected chi connectivity index (χ3v) is 2.39. The Hall–Kier alpha value is -1.42. The van der Waals surface area contributed by atoms with Gasteiger partial charge in [0.25, 0.3) is 5.91 Å². The molecule has 1 unspecified atom stereocenters.